The number of rotatable bonds is 8. The van der Waals surface area contributed by atoms with E-state index in [9.17, 15) is 0 Å². The van der Waals surface area contributed by atoms with Crippen LogP contribution < -0.4 is 5.73 Å². The molecule has 0 atom stereocenters. The molecule has 20 heavy (non-hydrogen) atoms. The van der Waals surface area contributed by atoms with Gasteiger partial charge in [0.2, 0.25) is 0 Å². The predicted molar refractivity (Wildman–Crippen MR) is 86.9 cm³/mol. The highest BCUT2D eigenvalue weighted by molar-refractivity contribution is 4.95. The lowest BCUT2D eigenvalue weighted by atomic mass is 9.79. The number of ether oxygens (including phenoxy) is 1. The third-order valence-electron chi connectivity index (χ3n) is 4.47. The summed E-state index contributed by atoms with van der Waals surface area (Å²) in [5, 5.41) is 0. The molecule has 1 rings (SSSR count). The summed E-state index contributed by atoms with van der Waals surface area (Å²) in [7, 11) is 0. The monoisotopic (exact) mass is 284 g/mol. The first-order valence-corrected chi connectivity index (χ1v) is 8.50. The molecule has 0 bridgehead atoms. The maximum Gasteiger partial charge on any atom is 0.0599 e. The number of nitrogens with zero attached hydrogens (tertiary/aromatic N) is 1. The van der Waals surface area contributed by atoms with Crippen LogP contribution in [-0.2, 0) is 4.74 Å². The first kappa shape index (κ1) is 17.9. The molecular formula is C17H36N2O. The molecule has 1 saturated heterocycles. The average Bonchev–Trinajstić information content (AvgIpc) is 2.38. The molecule has 3 heteroatoms. The highest BCUT2D eigenvalue weighted by Gasteiger charge is 2.38. The minimum Gasteiger partial charge on any atom is -0.378 e. The summed E-state index contributed by atoms with van der Waals surface area (Å²) in [6.45, 7) is 15.3. The molecule has 1 aliphatic rings. The molecule has 1 aliphatic heterocycles. The van der Waals surface area contributed by atoms with E-state index in [4.69, 9.17) is 10.5 Å². The molecule has 0 aromatic heterocycles. The highest BCUT2D eigenvalue weighted by Crippen LogP contribution is 2.33. The van der Waals surface area contributed by atoms with Gasteiger partial charge in [0, 0.05) is 31.8 Å². The normalized spacial score (nSPS) is 19.2. The van der Waals surface area contributed by atoms with Crippen molar-refractivity contribution in [1.82, 2.24) is 4.90 Å². The van der Waals surface area contributed by atoms with Gasteiger partial charge in [-0.3, -0.25) is 4.90 Å². The molecule has 120 valence electrons. The largest absolute Gasteiger partial charge is 0.378 e. The minimum atomic E-state index is 0.194. The van der Waals surface area contributed by atoms with Crippen LogP contribution in [0.2, 0.25) is 0 Å². The van der Waals surface area contributed by atoms with Gasteiger partial charge in [-0.1, -0.05) is 27.7 Å². The standard InChI is InChI=1S/C17H36N2O/c1-6-20-16-7-9-19(10-8-16)17(13-18,11-14(2)3)12-15(4)5/h14-16H,6-13,18H2,1-5H3. The van der Waals surface area contributed by atoms with E-state index in [2.05, 4.69) is 39.5 Å². The zero-order chi connectivity index (χ0) is 15.2. The van der Waals surface area contributed by atoms with Crippen molar-refractivity contribution in [2.24, 2.45) is 17.6 Å². The van der Waals surface area contributed by atoms with E-state index in [-0.39, 0.29) is 5.54 Å². The van der Waals surface area contributed by atoms with Crippen molar-refractivity contribution in [3.05, 3.63) is 0 Å². The second-order valence-electron chi connectivity index (χ2n) is 7.27. The van der Waals surface area contributed by atoms with E-state index in [0.29, 0.717) is 17.9 Å². The van der Waals surface area contributed by atoms with Crippen LogP contribution in [0.1, 0.15) is 60.3 Å². The summed E-state index contributed by atoms with van der Waals surface area (Å²) < 4.78 is 5.78. The van der Waals surface area contributed by atoms with E-state index in [1.807, 2.05) is 0 Å². The van der Waals surface area contributed by atoms with Crippen molar-refractivity contribution in [2.45, 2.75) is 71.9 Å². The van der Waals surface area contributed by atoms with Gasteiger partial charge in [-0.2, -0.15) is 0 Å². The van der Waals surface area contributed by atoms with E-state index in [0.717, 1.165) is 39.1 Å². The van der Waals surface area contributed by atoms with E-state index < -0.39 is 0 Å². The van der Waals surface area contributed by atoms with Crippen molar-refractivity contribution in [2.75, 3.05) is 26.2 Å². The molecule has 0 radical (unpaired) electrons. The highest BCUT2D eigenvalue weighted by atomic mass is 16.5. The molecule has 0 aromatic carbocycles. The predicted octanol–water partition coefficient (Wildman–Crippen LogP) is 3.28. The number of likely N-dealkylation sites (tertiary alicyclic amines) is 1. The van der Waals surface area contributed by atoms with Crippen molar-refractivity contribution in [3.63, 3.8) is 0 Å². The minimum absolute atomic E-state index is 0.194. The Balaban J connectivity index is 2.72. The van der Waals surface area contributed by atoms with Crippen molar-refractivity contribution in [1.29, 1.82) is 0 Å². The lowest BCUT2D eigenvalue weighted by molar-refractivity contribution is -0.0298. The molecule has 2 N–H and O–H groups in total. The molecule has 0 saturated carbocycles. The van der Waals surface area contributed by atoms with E-state index in [1.54, 1.807) is 0 Å². The van der Waals surface area contributed by atoms with Crippen LogP contribution in [0.3, 0.4) is 0 Å². The molecule has 0 aliphatic carbocycles. The Morgan fingerprint density at radius 3 is 1.95 bits per heavy atom. The summed E-state index contributed by atoms with van der Waals surface area (Å²) in [5.74, 6) is 1.39. The second-order valence-corrected chi connectivity index (χ2v) is 7.27. The molecule has 0 amide bonds. The lowest BCUT2D eigenvalue weighted by Gasteiger charge is -2.48. The van der Waals surface area contributed by atoms with Gasteiger partial charge in [0.15, 0.2) is 0 Å². The van der Waals surface area contributed by atoms with Crippen molar-refractivity contribution >= 4 is 0 Å². The van der Waals surface area contributed by atoms with Crippen LogP contribution in [-0.4, -0.2) is 42.8 Å². The smallest absolute Gasteiger partial charge is 0.0599 e. The van der Waals surface area contributed by atoms with Crippen LogP contribution in [0.15, 0.2) is 0 Å². The van der Waals surface area contributed by atoms with Gasteiger partial charge in [0.1, 0.15) is 0 Å². The van der Waals surface area contributed by atoms with Crippen LogP contribution in [0.4, 0.5) is 0 Å². The fraction of sp³-hybridized carbons (Fsp3) is 1.00. The van der Waals surface area contributed by atoms with Crippen molar-refractivity contribution < 1.29 is 4.74 Å². The van der Waals surface area contributed by atoms with Gasteiger partial charge in [-0.25, -0.2) is 0 Å². The maximum absolute atomic E-state index is 6.26. The average molecular weight is 284 g/mol. The Bertz CT molecular complexity index is 248. The van der Waals surface area contributed by atoms with Crippen LogP contribution in [0.25, 0.3) is 0 Å². The molecule has 0 spiro atoms. The van der Waals surface area contributed by atoms with Gasteiger partial charge in [-0.05, 0) is 44.4 Å². The molecule has 1 heterocycles. The Morgan fingerprint density at radius 1 is 1.10 bits per heavy atom. The molecule has 1 fully saturated rings. The van der Waals surface area contributed by atoms with Crippen LogP contribution >= 0.6 is 0 Å². The van der Waals surface area contributed by atoms with Crippen LogP contribution in [0, 0.1) is 11.8 Å². The Hall–Kier alpha value is -0.120. The first-order valence-electron chi connectivity index (χ1n) is 8.50. The van der Waals surface area contributed by atoms with Gasteiger partial charge in [-0.15, -0.1) is 0 Å². The third kappa shape index (κ3) is 5.01. The Kier molecular flexibility index (Phi) is 7.49. The van der Waals surface area contributed by atoms with E-state index >= 15 is 0 Å². The topological polar surface area (TPSA) is 38.5 Å². The second kappa shape index (κ2) is 8.35. The Morgan fingerprint density at radius 2 is 1.60 bits per heavy atom. The summed E-state index contributed by atoms with van der Waals surface area (Å²) in [5.41, 5.74) is 6.45. The number of piperidine rings is 1. The van der Waals surface area contributed by atoms with Crippen LogP contribution in [0.5, 0.6) is 0 Å². The van der Waals surface area contributed by atoms with Crippen molar-refractivity contribution in [3.8, 4) is 0 Å². The Labute approximate surface area is 126 Å². The lowest BCUT2D eigenvalue weighted by Crippen LogP contribution is -2.58. The summed E-state index contributed by atoms with van der Waals surface area (Å²) >= 11 is 0. The SMILES string of the molecule is CCOC1CCN(C(CN)(CC(C)C)CC(C)C)CC1. The quantitative estimate of drug-likeness (QED) is 0.743. The molecule has 0 unspecified atom stereocenters. The fourth-order valence-corrected chi connectivity index (χ4v) is 3.89. The van der Waals surface area contributed by atoms with Gasteiger partial charge < -0.3 is 10.5 Å². The zero-order valence-electron chi connectivity index (χ0n) is 14.3. The number of hydrogen-bond donors (Lipinski definition) is 1. The first-order chi connectivity index (χ1) is 9.43. The summed E-state index contributed by atoms with van der Waals surface area (Å²) in [6, 6.07) is 0. The molecular weight excluding hydrogens is 248 g/mol. The van der Waals surface area contributed by atoms with E-state index in [1.165, 1.54) is 12.8 Å². The van der Waals surface area contributed by atoms with Gasteiger partial charge >= 0.3 is 0 Å². The molecule has 0 aromatic rings. The number of nitrogens with two attached hydrogens (primary N) is 1. The zero-order valence-corrected chi connectivity index (χ0v) is 14.3. The van der Waals surface area contributed by atoms with Gasteiger partial charge in [0.05, 0.1) is 6.10 Å². The number of hydrogen-bond acceptors (Lipinski definition) is 3. The fourth-order valence-electron chi connectivity index (χ4n) is 3.89. The maximum atomic E-state index is 6.26. The molecule has 3 nitrogen and oxygen atoms in total. The summed E-state index contributed by atoms with van der Waals surface area (Å²) in [6.07, 6.45) is 5.20. The van der Waals surface area contributed by atoms with Gasteiger partial charge in [0.25, 0.3) is 0 Å². The summed E-state index contributed by atoms with van der Waals surface area (Å²) in [4.78, 5) is 2.67. The third-order valence-corrected chi connectivity index (χ3v) is 4.47.